The summed E-state index contributed by atoms with van der Waals surface area (Å²) >= 11 is 0. The molecular formula is C73H128N13O22P. The van der Waals surface area contributed by atoms with Crippen molar-refractivity contribution in [2.45, 2.75) is 249 Å². The monoisotopic (exact) mass is 1570 g/mol. The Bertz CT molecular complexity index is 3240. The van der Waals surface area contributed by atoms with Gasteiger partial charge >= 0.3 is 25.9 Å². The van der Waals surface area contributed by atoms with Gasteiger partial charge in [0.1, 0.15) is 79.1 Å². The maximum atomic E-state index is 15.9. The summed E-state index contributed by atoms with van der Waals surface area (Å²) in [7, 11) is 5.00. The molecule has 0 aliphatic carbocycles. The minimum atomic E-state index is -5.35. The number of hydrogen-bond acceptors (Lipinski definition) is 20. The van der Waals surface area contributed by atoms with Crippen LogP contribution in [0.2, 0.25) is 0 Å². The van der Waals surface area contributed by atoms with Crippen LogP contribution in [0.15, 0.2) is 12.2 Å². The van der Waals surface area contributed by atoms with Crippen LogP contribution in [0, 0.1) is 41.4 Å². The lowest BCUT2D eigenvalue weighted by Gasteiger charge is -2.42. The molecule has 1 fully saturated rings. The van der Waals surface area contributed by atoms with Crippen LogP contribution >= 0.6 is 7.82 Å². The van der Waals surface area contributed by atoms with Gasteiger partial charge in [0.05, 0.1) is 13.2 Å². The molecule has 14 atom stereocenters. The number of rotatable bonds is 25. The van der Waals surface area contributed by atoms with Crippen molar-refractivity contribution in [3.63, 3.8) is 0 Å². The quantitative estimate of drug-likeness (QED) is 0.0298. The Morgan fingerprint density at radius 2 is 1.02 bits per heavy atom. The van der Waals surface area contributed by atoms with Gasteiger partial charge in [-0.2, -0.15) is 0 Å². The summed E-state index contributed by atoms with van der Waals surface area (Å²) in [6.07, 6.45) is -1.32. The van der Waals surface area contributed by atoms with Gasteiger partial charge in [-0.15, -0.1) is 0 Å². The van der Waals surface area contributed by atoms with Gasteiger partial charge in [-0.1, -0.05) is 109 Å². The Kier molecular flexibility index (Phi) is 40.9. The standard InChI is InChI=1S/C73H128N13O22P/c1-28-30-31-45(15)61(108-57(89)37-80(21)68(96)51(38-105-109(102,103)104)77-73(101)107-49(19)106-48(18)87)60-65(93)76-50(29-2)67(95)79(20)36-56(88)81(22)52(32-39(3)4)64(92)78-58(43(11)12)71(99)82(23)53(33-40(5)6)63(91)74-46(16)62(90)75-47(17)66(94)83(24)54(34-41(7)8)69(97)84(25)55(35-42(9)10)70(98)85(26)59(44(13)14)72(100)86(60)27/h28,30,39-47,49-55,58-61H,29,31-38H2,1-27H3,(H,74,91)(H,75,90)(H,76,93)(H,77,101)(H,78,92)(H2,102,103,104)/b30-28+/t45-,46+,47-,49?,50+,51+,52+,53+,54+,55+,58?,59?,60+,61-/m1/s1. The molecule has 0 bridgehead atoms. The summed E-state index contributed by atoms with van der Waals surface area (Å²) in [5.41, 5.74) is 0. The van der Waals surface area contributed by atoms with E-state index in [4.69, 9.17) is 14.2 Å². The summed E-state index contributed by atoms with van der Waals surface area (Å²) in [5, 5.41) is 12.9. The lowest BCUT2D eigenvalue weighted by Crippen LogP contribution is -2.64. The van der Waals surface area contributed by atoms with Crippen molar-refractivity contribution in [2.75, 3.05) is 76.1 Å². The number of nitrogens with zero attached hydrogens (tertiary/aromatic N) is 8. The number of nitrogens with one attached hydrogen (secondary N) is 5. The second-order valence-corrected chi connectivity index (χ2v) is 32.1. The maximum absolute atomic E-state index is 15.9. The lowest BCUT2D eigenvalue weighted by atomic mass is 9.91. The fourth-order valence-corrected chi connectivity index (χ4v) is 12.8. The first kappa shape index (κ1) is 98.7. The fourth-order valence-electron chi connectivity index (χ4n) is 12.5. The van der Waals surface area contributed by atoms with Crippen molar-refractivity contribution in [2.24, 2.45) is 41.4 Å². The van der Waals surface area contributed by atoms with E-state index < -0.39 is 213 Å². The average molecular weight is 1570 g/mol. The molecule has 1 saturated heterocycles. The molecule has 0 spiro atoms. The highest BCUT2D eigenvalue weighted by Crippen LogP contribution is 2.36. The van der Waals surface area contributed by atoms with E-state index in [0.29, 0.717) is 4.90 Å². The smallest absolute Gasteiger partial charge is 0.458 e. The number of amides is 13. The van der Waals surface area contributed by atoms with E-state index >= 15 is 19.2 Å². The normalized spacial score (nSPS) is 24.1. The SMILES string of the molecule is C/C=C/C[C@@H](C)[C@@H](OC(=O)CN(C)C(=O)[C@H](COP(=O)(O)O)NC(=O)OC(C)OC(C)=O)[C@H]1C(=O)N[C@@H](CC)C(=O)N(C)CC(=O)N(C)[C@@H](CC(C)C)C(=O)NC(C(C)C)C(=O)N(C)[C@@H](CC(C)C)C(=O)N[C@@H](C)C(=O)N[C@H](C)C(=O)N(C)[C@@H](CC(C)C)C(=O)N(C)[C@@H](CC(C)C)C(=O)N(C)C(C(C)C)C(=O)N1C. The number of alkyl carbamates (subject to hydrolysis) is 1. The molecule has 0 aromatic rings. The molecule has 109 heavy (non-hydrogen) atoms. The highest BCUT2D eigenvalue weighted by Gasteiger charge is 2.48. The van der Waals surface area contributed by atoms with Gasteiger partial charge < -0.3 is 89.8 Å². The van der Waals surface area contributed by atoms with Crippen LogP contribution in [0.4, 0.5) is 4.79 Å². The lowest BCUT2D eigenvalue weighted by molar-refractivity contribution is -0.167. The highest BCUT2D eigenvalue weighted by atomic mass is 31.2. The van der Waals surface area contributed by atoms with Gasteiger partial charge in [0.2, 0.25) is 77.2 Å². The number of hydrogen-bond donors (Lipinski definition) is 7. The average Bonchev–Trinajstić information content (AvgIpc) is 0.798. The zero-order chi connectivity index (χ0) is 84.5. The second-order valence-electron chi connectivity index (χ2n) is 30.8. The number of carbonyl (C=O) groups is 15. The van der Waals surface area contributed by atoms with E-state index in [1.165, 1.54) is 84.8 Å². The zero-order valence-electron chi connectivity index (χ0n) is 69.1. The predicted molar refractivity (Wildman–Crippen MR) is 403 cm³/mol. The fraction of sp³-hybridized carbons (Fsp3) is 0.767. The van der Waals surface area contributed by atoms with Crippen LogP contribution in [-0.4, -0.2) is 293 Å². The predicted octanol–water partition coefficient (Wildman–Crippen LogP) is 2.39. The van der Waals surface area contributed by atoms with Gasteiger partial charge in [-0.3, -0.25) is 71.6 Å². The molecule has 36 heteroatoms. The van der Waals surface area contributed by atoms with Gasteiger partial charge in [0.25, 0.3) is 0 Å². The molecule has 1 heterocycles. The molecular weight excluding hydrogens is 1440 g/mol. The zero-order valence-corrected chi connectivity index (χ0v) is 70.0. The molecule has 13 amide bonds. The highest BCUT2D eigenvalue weighted by molar-refractivity contribution is 7.46. The Morgan fingerprint density at radius 3 is 1.49 bits per heavy atom. The minimum absolute atomic E-state index is 0.00826. The van der Waals surface area contributed by atoms with E-state index in [2.05, 4.69) is 31.1 Å². The molecule has 0 radical (unpaired) electrons. The first-order chi connectivity index (χ1) is 50.2. The van der Waals surface area contributed by atoms with E-state index in [-0.39, 0.29) is 62.2 Å². The molecule has 7 N–H and O–H groups in total. The van der Waals surface area contributed by atoms with E-state index in [9.17, 15) is 67.1 Å². The first-order valence-electron chi connectivity index (χ1n) is 37.1. The van der Waals surface area contributed by atoms with Gasteiger partial charge in [0.15, 0.2) is 0 Å². The molecule has 622 valence electrons. The van der Waals surface area contributed by atoms with Crippen LogP contribution in [0.25, 0.3) is 0 Å². The summed E-state index contributed by atoms with van der Waals surface area (Å²) in [6.45, 7) is 27.9. The summed E-state index contributed by atoms with van der Waals surface area (Å²) < 4.78 is 32.4. The van der Waals surface area contributed by atoms with Crippen molar-refractivity contribution >= 4 is 96.7 Å². The van der Waals surface area contributed by atoms with E-state index in [1.54, 1.807) is 81.4 Å². The van der Waals surface area contributed by atoms with Gasteiger partial charge in [-0.25, -0.2) is 9.36 Å². The van der Waals surface area contributed by atoms with Crippen LogP contribution in [0.3, 0.4) is 0 Å². The summed E-state index contributed by atoms with van der Waals surface area (Å²) in [6, 6.07) is -15.9. The minimum Gasteiger partial charge on any atom is -0.458 e. The van der Waals surface area contributed by atoms with Crippen LogP contribution in [0.1, 0.15) is 170 Å². The van der Waals surface area contributed by atoms with Crippen molar-refractivity contribution in [1.29, 1.82) is 0 Å². The number of ether oxygens (including phenoxy) is 3. The molecule has 1 rings (SSSR count). The third kappa shape index (κ3) is 30.8. The Labute approximate surface area is 643 Å². The Balaban J connectivity index is 4.64. The van der Waals surface area contributed by atoms with Gasteiger partial charge in [0, 0.05) is 70.2 Å². The molecule has 0 saturated carbocycles. The Hall–Kier alpha value is -8.30. The van der Waals surface area contributed by atoms with Crippen molar-refractivity contribution in [3.05, 3.63) is 12.2 Å². The van der Waals surface area contributed by atoms with Crippen LogP contribution in [0.5, 0.6) is 0 Å². The molecule has 3 unspecified atom stereocenters. The molecule has 0 aromatic heterocycles. The van der Waals surface area contributed by atoms with Crippen molar-refractivity contribution in [3.8, 4) is 0 Å². The molecule has 35 nitrogen and oxygen atoms in total. The first-order valence-corrected chi connectivity index (χ1v) is 38.7. The number of phosphoric ester groups is 1. The Morgan fingerprint density at radius 1 is 0.560 bits per heavy atom. The topological polar surface area (TPSA) is 437 Å². The second kappa shape index (κ2) is 45.1. The molecule has 0 aromatic carbocycles. The largest absolute Gasteiger partial charge is 0.469 e. The van der Waals surface area contributed by atoms with Crippen LogP contribution < -0.4 is 26.6 Å². The number of carbonyl (C=O) groups excluding carboxylic acids is 15. The number of esters is 2. The third-order valence-corrected chi connectivity index (χ3v) is 19.1. The third-order valence-electron chi connectivity index (χ3n) is 18.7. The van der Waals surface area contributed by atoms with Crippen molar-refractivity contribution in [1.82, 2.24) is 65.8 Å². The van der Waals surface area contributed by atoms with E-state index in [1.807, 2.05) is 27.7 Å². The summed E-state index contributed by atoms with van der Waals surface area (Å²) in [5.74, 6) is -15.5. The number of allylic oxidation sites excluding steroid dienone is 2. The number of phosphoric acid groups is 1. The summed E-state index contributed by atoms with van der Waals surface area (Å²) in [4.78, 5) is 245. The molecule has 1 aliphatic heterocycles. The number of likely N-dealkylation sites (N-methyl/N-ethyl adjacent to an activating group) is 8. The van der Waals surface area contributed by atoms with Crippen molar-refractivity contribution < 1.29 is 105 Å². The van der Waals surface area contributed by atoms with E-state index in [0.717, 1.165) is 40.5 Å². The molecule has 1 aliphatic rings. The maximum Gasteiger partial charge on any atom is 0.469 e. The van der Waals surface area contributed by atoms with Gasteiger partial charge in [-0.05, 0) is 101 Å². The van der Waals surface area contributed by atoms with Crippen LogP contribution in [-0.2, 0) is 90.4 Å².